The fraction of sp³-hybridized carbons (Fsp3) is 0.917. The Kier molecular flexibility index (Phi) is 5.22. The second-order valence-electron chi connectivity index (χ2n) is 5.09. The monoisotopic (exact) mass is 228 g/mol. The SMILES string of the molecule is C[C@H](CO)NC(=O)CC1(CN)CCCCC1. The molecule has 1 aliphatic carbocycles. The zero-order chi connectivity index (χ0) is 12.0. The Labute approximate surface area is 97.6 Å². The number of aliphatic hydroxyl groups is 1. The summed E-state index contributed by atoms with van der Waals surface area (Å²) in [5.41, 5.74) is 5.83. The number of rotatable bonds is 5. The van der Waals surface area contributed by atoms with Gasteiger partial charge >= 0.3 is 0 Å². The third kappa shape index (κ3) is 3.76. The van der Waals surface area contributed by atoms with Gasteiger partial charge in [0.25, 0.3) is 0 Å². The van der Waals surface area contributed by atoms with Crippen molar-refractivity contribution in [2.24, 2.45) is 11.1 Å². The lowest BCUT2D eigenvalue weighted by Crippen LogP contribution is -2.42. The number of hydrogen-bond donors (Lipinski definition) is 3. The molecule has 16 heavy (non-hydrogen) atoms. The van der Waals surface area contributed by atoms with Gasteiger partial charge in [-0.3, -0.25) is 4.79 Å². The molecule has 0 aliphatic heterocycles. The fourth-order valence-electron chi connectivity index (χ4n) is 2.47. The standard InChI is InChI=1S/C12H24N2O2/c1-10(8-15)14-11(16)7-12(9-13)5-3-2-4-6-12/h10,15H,2-9,13H2,1H3,(H,14,16)/t10-/m1/s1. The number of nitrogens with two attached hydrogens (primary N) is 1. The average molecular weight is 228 g/mol. The molecule has 0 radical (unpaired) electrons. The highest BCUT2D eigenvalue weighted by molar-refractivity contribution is 5.77. The van der Waals surface area contributed by atoms with Crippen molar-refractivity contribution in [2.45, 2.75) is 51.5 Å². The molecule has 4 N–H and O–H groups in total. The van der Waals surface area contributed by atoms with Crippen LogP contribution in [0, 0.1) is 5.41 Å². The highest BCUT2D eigenvalue weighted by Gasteiger charge is 2.33. The quantitative estimate of drug-likeness (QED) is 0.651. The summed E-state index contributed by atoms with van der Waals surface area (Å²) in [5.74, 6) is 0.0221. The van der Waals surface area contributed by atoms with Crippen LogP contribution in [0.15, 0.2) is 0 Å². The van der Waals surface area contributed by atoms with Gasteiger partial charge in [0.15, 0.2) is 0 Å². The molecule has 0 aromatic rings. The zero-order valence-corrected chi connectivity index (χ0v) is 10.2. The summed E-state index contributed by atoms with van der Waals surface area (Å²) in [4.78, 5) is 11.8. The molecule has 0 bridgehead atoms. The Morgan fingerprint density at radius 1 is 1.44 bits per heavy atom. The van der Waals surface area contributed by atoms with E-state index in [0.29, 0.717) is 13.0 Å². The Morgan fingerprint density at radius 2 is 2.06 bits per heavy atom. The molecule has 0 aromatic carbocycles. The number of hydrogen-bond acceptors (Lipinski definition) is 3. The summed E-state index contributed by atoms with van der Waals surface area (Å²) in [6, 6.07) is -0.161. The maximum atomic E-state index is 11.8. The molecule has 1 aliphatic rings. The van der Waals surface area contributed by atoms with E-state index in [4.69, 9.17) is 10.8 Å². The van der Waals surface area contributed by atoms with Crippen LogP contribution < -0.4 is 11.1 Å². The van der Waals surface area contributed by atoms with Crippen LogP contribution in [-0.4, -0.2) is 30.2 Å². The van der Waals surface area contributed by atoms with Crippen molar-refractivity contribution >= 4 is 5.91 Å². The summed E-state index contributed by atoms with van der Waals surface area (Å²) in [6.07, 6.45) is 6.25. The van der Waals surface area contributed by atoms with Crippen molar-refractivity contribution < 1.29 is 9.90 Å². The summed E-state index contributed by atoms with van der Waals surface area (Å²) in [5, 5.41) is 11.7. The van der Waals surface area contributed by atoms with Gasteiger partial charge in [0, 0.05) is 12.5 Å². The number of carbonyl (C=O) groups excluding carboxylic acids is 1. The first kappa shape index (κ1) is 13.5. The molecule has 0 spiro atoms. The first-order chi connectivity index (χ1) is 7.62. The second-order valence-corrected chi connectivity index (χ2v) is 5.09. The topological polar surface area (TPSA) is 75.3 Å². The summed E-state index contributed by atoms with van der Waals surface area (Å²) < 4.78 is 0. The van der Waals surface area contributed by atoms with Gasteiger partial charge in [0.2, 0.25) is 5.91 Å². The van der Waals surface area contributed by atoms with Crippen LogP contribution >= 0.6 is 0 Å². The molecule has 0 unspecified atom stereocenters. The molecule has 1 atom stereocenters. The van der Waals surface area contributed by atoms with Crippen molar-refractivity contribution in [1.29, 1.82) is 0 Å². The van der Waals surface area contributed by atoms with Crippen LogP contribution in [-0.2, 0) is 4.79 Å². The molecule has 4 heteroatoms. The maximum absolute atomic E-state index is 11.8. The Balaban J connectivity index is 2.45. The van der Waals surface area contributed by atoms with E-state index in [9.17, 15) is 4.79 Å². The smallest absolute Gasteiger partial charge is 0.220 e. The lowest BCUT2D eigenvalue weighted by Gasteiger charge is -2.35. The zero-order valence-electron chi connectivity index (χ0n) is 10.2. The first-order valence-electron chi connectivity index (χ1n) is 6.22. The molecule has 0 heterocycles. The van der Waals surface area contributed by atoms with E-state index in [1.54, 1.807) is 6.92 Å². The van der Waals surface area contributed by atoms with E-state index in [2.05, 4.69) is 5.32 Å². The molecule has 1 fully saturated rings. The van der Waals surface area contributed by atoms with E-state index in [0.717, 1.165) is 12.8 Å². The minimum absolute atomic E-state index is 0.0114. The van der Waals surface area contributed by atoms with E-state index in [-0.39, 0.29) is 24.0 Å². The van der Waals surface area contributed by atoms with E-state index < -0.39 is 0 Å². The molecular weight excluding hydrogens is 204 g/mol. The third-order valence-electron chi connectivity index (χ3n) is 3.56. The normalized spacial score (nSPS) is 21.4. The van der Waals surface area contributed by atoms with E-state index in [1.165, 1.54) is 19.3 Å². The molecule has 1 saturated carbocycles. The third-order valence-corrected chi connectivity index (χ3v) is 3.56. The second kappa shape index (κ2) is 6.21. The fourth-order valence-corrected chi connectivity index (χ4v) is 2.47. The largest absolute Gasteiger partial charge is 0.394 e. The average Bonchev–Trinajstić information content (AvgIpc) is 2.29. The van der Waals surface area contributed by atoms with Crippen LogP contribution in [0.3, 0.4) is 0 Å². The number of carbonyl (C=O) groups is 1. The molecule has 0 aromatic heterocycles. The van der Waals surface area contributed by atoms with E-state index >= 15 is 0 Å². The summed E-state index contributed by atoms with van der Waals surface area (Å²) >= 11 is 0. The minimum atomic E-state index is -0.161. The summed E-state index contributed by atoms with van der Waals surface area (Å²) in [7, 11) is 0. The predicted octanol–water partition coefficient (Wildman–Crippen LogP) is 0.783. The van der Waals surface area contributed by atoms with Gasteiger partial charge in [-0.2, -0.15) is 0 Å². The van der Waals surface area contributed by atoms with Crippen molar-refractivity contribution in [3.05, 3.63) is 0 Å². The van der Waals surface area contributed by atoms with Gasteiger partial charge in [-0.25, -0.2) is 0 Å². The van der Waals surface area contributed by atoms with Crippen molar-refractivity contribution in [1.82, 2.24) is 5.32 Å². The van der Waals surface area contributed by atoms with Gasteiger partial charge in [0.1, 0.15) is 0 Å². The minimum Gasteiger partial charge on any atom is -0.394 e. The Hall–Kier alpha value is -0.610. The number of amides is 1. The number of aliphatic hydroxyl groups excluding tert-OH is 1. The van der Waals surface area contributed by atoms with Gasteiger partial charge in [-0.15, -0.1) is 0 Å². The lowest BCUT2D eigenvalue weighted by molar-refractivity contribution is -0.124. The van der Waals surface area contributed by atoms with Crippen LogP contribution in [0.2, 0.25) is 0 Å². The first-order valence-corrected chi connectivity index (χ1v) is 6.22. The Bertz CT molecular complexity index is 225. The molecular formula is C12H24N2O2. The van der Waals surface area contributed by atoms with Crippen molar-refractivity contribution in [3.63, 3.8) is 0 Å². The molecule has 94 valence electrons. The lowest BCUT2D eigenvalue weighted by atomic mass is 9.71. The molecule has 1 amide bonds. The van der Waals surface area contributed by atoms with Gasteiger partial charge in [-0.05, 0) is 31.7 Å². The highest BCUT2D eigenvalue weighted by Crippen LogP contribution is 2.38. The predicted molar refractivity (Wildman–Crippen MR) is 63.9 cm³/mol. The maximum Gasteiger partial charge on any atom is 0.220 e. The molecule has 4 nitrogen and oxygen atoms in total. The van der Waals surface area contributed by atoms with Crippen LogP contribution in [0.1, 0.15) is 45.4 Å². The Morgan fingerprint density at radius 3 is 2.56 bits per heavy atom. The van der Waals surface area contributed by atoms with Crippen molar-refractivity contribution in [2.75, 3.05) is 13.2 Å². The highest BCUT2D eigenvalue weighted by atomic mass is 16.3. The molecule has 0 saturated heterocycles. The van der Waals surface area contributed by atoms with E-state index in [1.807, 2.05) is 0 Å². The number of nitrogens with one attached hydrogen (secondary N) is 1. The summed E-state index contributed by atoms with van der Waals surface area (Å²) in [6.45, 7) is 2.38. The molecule has 1 rings (SSSR count). The van der Waals surface area contributed by atoms with Gasteiger partial charge in [-0.1, -0.05) is 19.3 Å². The van der Waals surface area contributed by atoms with Crippen LogP contribution in [0.5, 0.6) is 0 Å². The van der Waals surface area contributed by atoms with Gasteiger partial charge < -0.3 is 16.2 Å². The van der Waals surface area contributed by atoms with Gasteiger partial charge in [0.05, 0.1) is 6.61 Å². The van der Waals surface area contributed by atoms with Crippen molar-refractivity contribution in [3.8, 4) is 0 Å². The van der Waals surface area contributed by atoms with Crippen LogP contribution in [0.25, 0.3) is 0 Å². The van der Waals surface area contributed by atoms with Crippen LogP contribution in [0.4, 0.5) is 0 Å².